The largest absolute Gasteiger partial charge is 0.387 e. The predicted molar refractivity (Wildman–Crippen MR) is 88.8 cm³/mol. The number of amides is 1. The summed E-state index contributed by atoms with van der Waals surface area (Å²) in [5, 5.41) is 15.9. The number of nitrogens with one attached hydrogen (secondary N) is 2. The molecule has 1 unspecified atom stereocenters. The van der Waals surface area contributed by atoms with Gasteiger partial charge in [-0.3, -0.25) is 4.79 Å². The molecule has 1 aromatic carbocycles. The van der Waals surface area contributed by atoms with E-state index in [1.807, 2.05) is 19.1 Å². The number of sulfone groups is 1. The fourth-order valence-electron chi connectivity index (χ4n) is 2.85. The first-order valence-electron chi connectivity index (χ1n) is 7.69. The fourth-order valence-corrected chi connectivity index (χ4v) is 4.21. The standard InChI is InChI=1S/C16H24N2O4S/c1-12-3-5-13(6-4-12)14(19)11-18-15(20)16(23(2,21)22)7-9-17-10-8-16/h3-6,14,17,19H,7-11H2,1-2H3,(H,18,20). The highest BCUT2D eigenvalue weighted by Crippen LogP contribution is 2.28. The van der Waals surface area contributed by atoms with Gasteiger partial charge in [0.15, 0.2) is 14.6 Å². The molecule has 6 nitrogen and oxygen atoms in total. The second-order valence-corrected chi connectivity index (χ2v) is 8.48. The topological polar surface area (TPSA) is 95.5 Å². The lowest BCUT2D eigenvalue weighted by Gasteiger charge is -2.34. The van der Waals surface area contributed by atoms with Crippen LogP contribution in [0, 0.1) is 6.92 Å². The van der Waals surface area contributed by atoms with Crippen molar-refractivity contribution in [2.45, 2.75) is 30.6 Å². The second-order valence-electron chi connectivity index (χ2n) is 6.15. The van der Waals surface area contributed by atoms with Crippen molar-refractivity contribution < 1.29 is 18.3 Å². The zero-order chi connectivity index (χ0) is 17.1. The number of aliphatic hydroxyl groups is 1. The van der Waals surface area contributed by atoms with Gasteiger partial charge in [-0.1, -0.05) is 29.8 Å². The smallest absolute Gasteiger partial charge is 0.241 e. The molecule has 2 rings (SSSR count). The molecular formula is C16H24N2O4S. The van der Waals surface area contributed by atoms with Crippen molar-refractivity contribution in [3.05, 3.63) is 35.4 Å². The number of hydrogen-bond acceptors (Lipinski definition) is 5. The molecule has 1 atom stereocenters. The maximum atomic E-state index is 12.5. The number of aliphatic hydroxyl groups excluding tert-OH is 1. The van der Waals surface area contributed by atoms with E-state index in [-0.39, 0.29) is 19.4 Å². The number of hydrogen-bond donors (Lipinski definition) is 3. The molecule has 1 fully saturated rings. The Kier molecular flexibility index (Phi) is 5.44. The van der Waals surface area contributed by atoms with Crippen LogP contribution < -0.4 is 10.6 Å². The highest BCUT2D eigenvalue weighted by Gasteiger charge is 2.48. The van der Waals surface area contributed by atoms with Crippen LogP contribution in [0.25, 0.3) is 0 Å². The van der Waals surface area contributed by atoms with Crippen molar-refractivity contribution in [2.75, 3.05) is 25.9 Å². The Hall–Kier alpha value is -1.44. The molecule has 0 saturated carbocycles. The van der Waals surface area contributed by atoms with E-state index in [2.05, 4.69) is 10.6 Å². The average Bonchev–Trinajstić information content (AvgIpc) is 2.52. The van der Waals surface area contributed by atoms with Crippen molar-refractivity contribution in [1.29, 1.82) is 0 Å². The molecule has 0 aromatic heterocycles. The third-order valence-corrected chi connectivity index (χ3v) is 6.47. The van der Waals surface area contributed by atoms with Crippen molar-refractivity contribution in [3.63, 3.8) is 0 Å². The van der Waals surface area contributed by atoms with Gasteiger partial charge in [0, 0.05) is 12.8 Å². The molecule has 7 heteroatoms. The summed E-state index contributed by atoms with van der Waals surface area (Å²) in [6.45, 7) is 2.92. The Morgan fingerprint density at radius 1 is 1.30 bits per heavy atom. The monoisotopic (exact) mass is 340 g/mol. The second kappa shape index (κ2) is 6.98. The van der Waals surface area contributed by atoms with Crippen LogP contribution in [0.15, 0.2) is 24.3 Å². The van der Waals surface area contributed by atoms with Crippen LogP contribution in [-0.2, 0) is 14.6 Å². The van der Waals surface area contributed by atoms with Crippen LogP contribution in [0.3, 0.4) is 0 Å². The number of benzene rings is 1. The molecule has 23 heavy (non-hydrogen) atoms. The van der Waals surface area contributed by atoms with Gasteiger partial charge >= 0.3 is 0 Å². The minimum Gasteiger partial charge on any atom is -0.387 e. The number of carbonyl (C=O) groups excluding carboxylic acids is 1. The summed E-state index contributed by atoms with van der Waals surface area (Å²) in [4.78, 5) is 12.5. The maximum Gasteiger partial charge on any atom is 0.241 e. The average molecular weight is 340 g/mol. The van der Waals surface area contributed by atoms with Gasteiger partial charge in [-0.25, -0.2) is 8.42 Å². The lowest BCUT2D eigenvalue weighted by molar-refractivity contribution is -0.124. The summed E-state index contributed by atoms with van der Waals surface area (Å²) in [6.07, 6.45) is 0.739. The molecule has 1 aliphatic rings. The SMILES string of the molecule is Cc1ccc(C(O)CNC(=O)C2(S(C)(=O)=O)CCNCC2)cc1. The Morgan fingerprint density at radius 2 is 1.87 bits per heavy atom. The molecule has 0 radical (unpaired) electrons. The van der Waals surface area contributed by atoms with Crippen molar-refractivity contribution >= 4 is 15.7 Å². The van der Waals surface area contributed by atoms with Gasteiger partial charge in [-0.15, -0.1) is 0 Å². The quantitative estimate of drug-likeness (QED) is 0.717. The molecule has 1 saturated heterocycles. The van der Waals surface area contributed by atoms with Gasteiger partial charge in [0.1, 0.15) is 0 Å². The molecule has 0 aliphatic carbocycles. The summed E-state index contributed by atoms with van der Waals surface area (Å²) >= 11 is 0. The third-order valence-electron chi connectivity index (χ3n) is 4.45. The van der Waals surface area contributed by atoms with Gasteiger partial charge in [0.25, 0.3) is 0 Å². The van der Waals surface area contributed by atoms with Gasteiger partial charge in [0.05, 0.1) is 6.10 Å². The van der Waals surface area contributed by atoms with Gasteiger partial charge in [0.2, 0.25) is 5.91 Å². The van der Waals surface area contributed by atoms with Crippen LogP contribution in [0.1, 0.15) is 30.1 Å². The molecule has 1 aliphatic heterocycles. The molecule has 1 aromatic rings. The Morgan fingerprint density at radius 3 is 2.39 bits per heavy atom. The Bertz CT molecular complexity index is 649. The molecule has 0 spiro atoms. The van der Waals surface area contributed by atoms with E-state index in [4.69, 9.17) is 0 Å². The molecule has 1 amide bonds. The first-order valence-corrected chi connectivity index (χ1v) is 9.59. The molecule has 0 bridgehead atoms. The first-order chi connectivity index (χ1) is 10.8. The Labute approximate surface area is 137 Å². The molecule has 128 valence electrons. The zero-order valence-electron chi connectivity index (χ0n) is 13.5. The summed E-state index contributed by atoms with van der Waals surface area (Å²) in [7, 11) is -3.54. The van der Waals surface area contributed by atoms with E-state index >= 15 is 0 Å². The minimum absolute atomic E-state index is 0.00735. The number of aryl methyl sites for hydroxylation is 1. The minimum atomic E-state index is -3.54. The van der Waals surface area contributed by atoms with Crippen molar-refractivity contribution in [1.82, 2.24) is 10.6 Å². The fraction of sp³-hybridized carbons (Fsp3) is 0.562. The van der Waals surface area contributed by atoms with Gasteiger partial charge in [-0.05, 0) is 38.4 Å². The van der Waals surface area contributed by atoms with Gasteiger partial charge in [-0.2, -0.15) is 0 Å². The summed E-state index contributed by atoms with van der Waals surface area (Å²) < 4.78 is 22.9. The zero-order valence-corrected chi connectivity index (χ0v) is 14.3. The first kappa shape index (κ1) is 17.9. The number of carbonyl (C=O) groups is 1. The van der Waals surface area contributed by atoms with E-state index in [1.165, 1.54) is 0 Å². The lowest BCUT2D eigenvalue weighted by Crippen LogP contribution is -2.57. The summed E-state index contributed by atoms with van der Waals surface area (Å²) in [5.74, 6) is -0.521. The molecule has 1 heterocycles. The number of rotatable bonds is 5. The highest BCUT2D eigenvalue weighted by atomic mass is 32.2. The number of piperidine rings is 1. The van der Waals surface area contributed by atoms with Crippen LogP contribution >= 0.6 is 0 Å². The molecule has 3 N–H and O–H groups in total. The predicted octanol–water partition coefficient (Wildman–Crippen LogP) is 0.311. The van der Waals surface area contributed by atoms with Crippen LogP contribution in [0.5, 0.6) is 0 Å². The van der Waals surface area contributed by atoms with E-state index in [1.54, 1.807) is 12.1 Å². The summed E-state index contributed by atoms with van der Waals surface area (Å²) in [5.41, 5.74) is 1.77. The Balaban J connectivity index is 2.06. The lowest BCUT2D eigenvalue weighted by atomic mass is 9.95. The molecular weight excluding hydrogens is 316 g/mol. The van der Waals surface area contributed by atoms with E-state index in [0.29, 0.717) is 18.7 Å². The van der Waals surface area contributed by atoms with Crippen molar-refractivity contribution in [3.8, 4) is 0 Å². The van der Waals surface area contributed by atoms with E-state index in [9.17, 15) is 18.3 Å². The normalized spacial score (nSPS) is 19.1. The van der Waals surface area contributed by atoms with Crippen LogP contribution in [-0.4, -0.2) is 50.1 Å². The van der Waals surface area contributed by atoms with Crippen LogP contribution in [0.2, 0.25) is 0 Å². The highest BCUT2D eigenvalue weighted by molar-refractivity contribution is 7.92. The van der Waals surface area contributed by atoms with Crippen molar-refractivity contribution in [2.24, 2.45) is 0 Å². The van der Waals surface area contributed by atoms with E-state index < -0.39 is 26.6 Å². The van der Waals surface area contributed by atoms with Gasteiger partial charge < -0.3 is 15.7 Å². The van der Waals surface area contributed by atoms with E-state index in [0.717, 1.165) is 11.8 Å². The van der Waals surface area contributed by atoms with Crippen LogP contribution in [0.4, 0.5) is 0 Å². The maximum absolute atomic E-state index is 12.5. The third kappa shape index (κ3) is 3.91. The summed E-state index contributed by atoms with van der Waals surface area (Å²) in [6, 6.07) is 7.35.